The summed E-state index contributed by atoms with van der Waals surface area (Å²) in [6.07, 6.45) is 1.59. The van der Waals surface area contributed by atoms with Gasteiger partial charge >= 0.3 is 12.6 Å². The molecule has 0 unspecified atom stereocenters. The van der Waals surface area contributed by atoms with Gasteiger partial charge in [-0.15, -0.1) is 0 Å². The summed E-state index contributed by atoms with van der Waals surface area (Å²) in [6.45, 7) is -2.63. The maximum Gasteiger partial charge on any atom is 0.387 e. The molecule has 0 atom stereocenters. The van der Waals surface area contributed by atoms with Crippen LogP contribution in [0.5, 0.6) is 5.75 Å². The van der Waals surface area contributed by atoms with Crippen molar-refractivity contribution in [3.8, 4) is 5.75 Å². The number of amides is 1. The van der Waals surface area contributed by atoms with E-state index >= 15 is 0 Å². The average Bonchev–Trinajstić information content (AvgIpc) is 3.05. The van der Waals surface area contributed by atoms with Gasteiger partial charge in [0, 0.05) is 23.6 Å². The number of para-hydroxylation sites is 1. The number of nitrogens with zero attached hydrogens (tertiary/aromatic N) is 1. The van der Waals surface area contributed by atoms with Crippen molar-refractivity contribution >= 4 is 22.8 Å². The van der Waals surface area contributed by atoms with Gasteiger partial charge in [-0.25, -0.2) is 4.79 Å². The first-order valence-corrected chi connectivity index (χ1v) is 8.44. The number of hydrogen-bond acceptors (Lipinski definition) is 4. The fourth-order valence-electron chi connectivity index (χ4n) is 2.85. The summed E-state index contributed by atoms with van der Waals surface area (Å²) in [4.78, 5) is 24.3. The third kappa shape index (κ3) is 4.46. The number of nitrogens with one attached hydrogen (secondary N) is 1. The van der Waals surface area contributed by atoms with Crippen LogP contribution in [0.1, 0.15) is 15.9 Å². The normalized spacial score (nSPS) is 10.9. The largest absolute Gasteiger partial charge is 0.465 e. The van der Waals surface area contributed by atoms with E-state index in [4.69, 9.17) is 4.74 Å². The van der Waals surface area contributed by atoms with Crippen molar-refractivity contribution in [3.05, 3.63) is 65.9 Å². The molecule has 0 fully saturated rings. The second-order valence-corrected chi connectivity index (χ2v) is 5.98. The number of carbonyl (C=O) groups is 2. The number of methoxy groups -OCH3 is 1. The molecule has 28 heavy (non-hydrogen) atoms. The Balaban J connectivity index is 1.66. The molecule has 1 heterocycles. The van der Waals surface area contributed by atoms with E-state index in [1.165, 1.54) is 19.2 Å². The molecule has 0 aliphatic rings. The average molecular weight is 388 g/mol. The molecule has 0 radical (unpaired) electrons. The van der Waals surface area contributed by atoms with E-state index in [1.54, 1.807) is 35.0 Å². The minimum absolute atomic E-state index is 0.0179. The smallest absolute Gasteiger partial charge is 0.387 e. The molecule has 1 N–H and O–H groups in total. The number of ether oxygens (including phenoxy) is 2. The lowest BCUT2D eigenvalue weighted by Crippen LogP contribution is -2.26. The number of fused-ring (bicyclic) bond motifs is 1. The lowest BCUT2D eigenvalue weighted by Gasteiger charge is -2.09. The van der Waals surface area contributed by atoms with Crippen LogP contribution in [0.4, 0.5) is 8.78 Å². The van der Waals surface area contributed by atoms with Crippen LogP contribution in [0.15, 0.2) is 54.7 Å². The predicted molar refractivity (Wildman–Crippen MR) is 98.2 cm³/mol. The van der Waals surface area contributed by atoms with Crippen LogP contribution in [-0.4, -0.2) is 30.2 Å². The topological polar surface area (TPSA) is 69.6 Å². The number of esters is 1. The minimum atomic E-state index is -2.88. The summed E-state index contributed by atoms with van der Waals surface area (Å²) in [6, 6.07) is 13.2. The summed E-state index contributed by atoms with van der Waals surface area (Å²) < 4.78 is 35.1. The molecule has 0 aliphatic heterocycles. The quantitative estimate of drug-likeness (QED) is 0.631. The molecule has 2 aromatic carbocycles. The second-order valence-electron chi connectivity index (χ2n) is 5.98. The highest BCUT2D eigenvalue weighted by atomic mass is 19.3. The second kappa shape index (κ2) is 8.51. The molecule has 0 aliphatic carbocycles. The Morgan fingerprint density at radius 2 is 1.82 bits per heavy atom. The number of alkyl halides is 2. The first-order chi connectivity index (χ1) is 13.5. The lowest BCUT2D eigenvalue weighted by molar-refractivity contribution is -0.121. The molecule has 3 aromatic rings. The van der Waals surface area contributed by atoms with Crippen molar-refractivity contribution in [1.82, 2.24) is 9.88 Å². The SMILES string of the molecule is COC(=O)c1cn(CC(=O)NCc2ccc(OC(F)F)cc2)c2ccccc12. The van der Waals surface area contributed by atoms with Gasteiger partial charge in [0.2, 0.25) is 5.91 Å². The Bertz CT molecular complexity index is 984. The number of benzene rings is 2. The van der Waals surface area contributed by atoms with Crippen LogP contribution in [-0.2, 0) is 22.6 Å². The van der Waals surface area contributed by atoms with Gasteiger partial charge in [0.25, 0.3) is 0 Å². The highest BCUT2D eigenvalue weighted by molar-refractivity contribution is 6.04. The lowest BCUT2D eigenvalue weighted by atomic mass is 10.2. The van der Waals surface area contributed by atoms with Gasteiger partial charge in [-0.05, 0) is 23.8 Å². The molecule has 0 bridgehead atoms. The van der Waals surface area contributed by atoms with Gasteiger partial charge in [0.05, 0.1) is 12.7 Å². The molecule has 1 amide bonds. The summed E-state index contributed by atoms with van der Waals surface area (Å²) >= 11 is 0. The third-order valence-corrected chi connectivity index (χ3v) is 4.15. The number of rotatable bonds is 7. The van der Waals surface area contributed by atoms with Gasteiger partial charge in [0.1, 0.15) is 12.3 Å². The Kier molecular flexibility index (Phi) is 5.88. The van der Waals surface area contributed by atoms with Crippen LogP contribution in [0, 0.1) is 0 Å². The Morgan fingerprint density at radius 1 is 1.11 bits per heavy atom. The highest BCUT2D eigenvalue weighted by Gasteiger charge is 2.16. The minimum Gasteiger partial charge on any atom is -0.465 e. The molecule has 1 aromatic heterocycles. The van der Waals surface area contributed by atoms with Crippen molar-refractivity contribution in [1.29, 1.82) is 0 Å². The maximum absolute atomic E-state index is 12.3. The van der Waals surface area contributed by atoms with Crippen molar-refractivity contribution in [3.63, 3.8) is 0 Å². The van der Waals surface area contributed by atoms with E-state index in [0.717, 1.165) is 11.1 Å². The number of halogens is 2. The van der Waals surface area contributed by atoms with Crippen molar-refractivity contribution in [2.75, 3.05) is 7.11 Å². The van der Waals surface area contributed by atoms with E-state index in [9.17, 15) is 18.4 Å². The number of carbonyl (C=O) groups excluding carboxylic acids is 2. The molecule has 0 spiro atoms. The van der Waals surface area contributed by atoms with Crippen molar-refractivity contribution in [2.45, 2.75) is 19.7 Å². The standard InChI is InChI=1S/C20H18F2N2O4/c1-27-19(26)16-11-24(17-5-3-2-4-15(16)17)12-18(25)23-10-13-6-8-14(9-7-13)28-20(21)22/h2-9,11,20H,10,12H2,1H3,(H,23,25). The molecular weight excluding hydrogens is 370 g/mol. The van der Waals surface area contributed by atoms with Gasteiger partial charge < -0.3 is 19.4 Å². The molecule has 6 nitrogen and oxygen atoms in total. The van der Waals surface area contributed by atoms with Crippen molar-refractivity contribution < 1.29 is 27.8 Å². The van der Waals surface area contributed by atoms with Gasteiger partial charge in [0.15, 0.2) is 0 Å². The number of hydrogen-bond donors (Lipinski definition) is 1. The Hall–Kier alpha value is -3.42. The van der Waals surface area contributed by atoms with Crippen LogP contribution < -0.4 is 10.1 Å². The van der Waals surface area contributed by atoms with E-state index in [1.807, 2.05) is 12.1 Å². The number of aromatic nitrogens is 1. The Labute approximate surface area is 159 Å². The van der Waals surface area contributed by atoms with Crippen LogP contribution in [0.25, 0.3) is 10.9 Å². The zero-order chi connectivity index (χ0) is 20.1. The molecular formula is C20H18F2N2O4. The molecule has 0 saturated carbocycles. The molecule has 8 heteroatoms. The van der Waals surface area contributed by atoms with Gasteiger partial charge in [-0.2, -0.15) is 8.78 Å². The van der Waals surface area contributed by atoms with Crippen LogP contribution in [0.2, 0.25) is 0 Å². The zero-order valence-electron chi connectivity index (χ0n) is 15.0. The zero-order valence-corrected chi connectivity index (χ0v) is 15.0. The van der Waals surface area contributed by atoms with E-state index < -0.39 is 12.6 Å². The third-order valence-electron chi connectivity index (χ3n) is 4.15. The maximum atomic E-state index is 12.3. The fraction of sp³-hybridized carbons (Fsp3) is 0.200. The summed E-state index contributed by atoms with van der Waals surface area (Å²) in [5.74, 6) is -0.675. The highest BCUT2D eigenvalue weighted by Crippen LogP contribution is 2.22. The summed E-state index contributed by atoms with van der Waals surface area (Å²) in [5, 5.41) is 3.47. The monoisotopic (exact) mass is 388 g/mol. The fourth-order valence-corrected chi connectivity index (χ4v) is 2.85. The molecule has 3 rings (SSSR count). The van der Waals surface area contributed by atoms with E-state index in [2.05, 4.69) is 10.1 Å². The van der Waals surface area contributed by atoms with Crippen LogP contribution >= 0.6 is 0 Å². The first-order valence-electron chi connectivity index (χ1n) is 8.44. The summed E-state index contributed by atoms with van der Waals surface area (Å²) in [5.41, 5.74) is 1.87. The summed E-state index contributed by atoms with van der Waals surface area (Å²) in [7, 11) is 1.30. The van der Waals surface area contributed by atoms with Gasteiger partial charge in [-0.1, -0.05) is 30.3 Å². The first kappa shape index (κ1) is 19.3. The Morgan fingerprint density at radius 3 is 2.50 bits per heavy atom. The van der Waals surface area contributed by atoms with E-state index in [0.29, 0.717) is 10.9 Å². The van der Waals surface area contributed by atoms with Crippen molar-refractivity contribution in [2.24, 2.45) is 0 Å². The molecule has 0 saturated heterocycles. The van der Waals surface area contributed by atoms with E-state index in [-0.39, 0.29) is 24.7 Å². The van der Waals surface area contributed by atoms with Crippen LogP contribution in [0.3, 0.4) is 0 Å². The predicted octanol–water partition coefficient (Wildman–Crippen LogP) is 3.35. The molecule has 146 valence electrons. The van der Waals surface area contributed by atoms with Gasteiger partial charge in [-0.3, -0.25) is 4.79 Å².